The molecule has 0 spiro atoms. The minimum atomic E-state index is 0.397. The van der Waals surface area contributed by atoms with Crippen molar-refractivity contribution in [1.82, 2.24) is 10.2 Å². The normalized spacial score (nSPS) is 16.5. The molecular formula is C19H26N2. The molecule has 0 aliphatic heterocycles. The summed E-state index contributed by atoms with van der Waals surface area (Å²) in [6.45, 7) is 7.95. The molecule has 1 saturated carbocycles. The fraction of sp³-hybridized carbons (Fsp3) is 0.474. The highest BCUT2D eigenvalue weighted by atomic mass is 15.2. The predicted octanol–water partition coefficient (Wildman–Crippen LogP) is 3.97. The fourth-order valence-electron chi connectivity index (χ4n) is 3.20. The highest BCUT2D eigenvalue weighted by molar-refractivity contribution is 5.86. The van der Waals surface area contributed by atoms with E-state index in [9.17, 15) is 0 Å². The molecule has 0 amide bonds. The van der Waals surface area contributed by atoms with Crippen LogP contribution in [-0.2, 0) is 0 Å². The number of rotatable bonds is 7. The Balaban J connectivity index is 1.62. The van der Waals surface area contributed by atoms with Gasteiger partial charge >= 0.3 is 0 Å². The van der Waals surface area contributed by atoms with Gasteiger partial charge in [-0.05, 0) is 42.6 Å². The Morgan fingerprint density at radius 2 is 1.90 bits per heavy atom. The van der Waals surface area contributed by atoms with Crippen molar-refractivity contribution < 1.29 is 0 Å². The van der Waals surface area contributed by atoms with Crippen LogP contribution in [0.15, 0.2) is 42.5 Å². The molecule has 2 nitrogen and oxygen atoms in total. The van der Waals surface area contributed by atoms with E-state index in [-0.39, 0.29) is 0 Å². The first-order valence-corrected chi connectivity index (χ1v) is 8.24. The SMILES string of the molecule is CCN(CCNC(C)c1cccc2ccccc12)C1CC1. The number of hydrogen-bond acceptors (Lipinski definition) is 2. The lowest BCUT2D eigenvalue weighted by Crippen LogP contribution is -2.34. The van der Waals surface area contributed by atoms with Crippen molar-refractivity contribution in [3.05, 3.63) is 48.0 Å². The summed E-state index contributed by atoms with van der Waals surface area (Å²) < 4.78 is 0. The van der Waals surface area contributed by atoms with Gasteiger partial charge in [0, 0.05) is 25.2 Å². The van der Waals surface area contributed by atoms with Crippen LogP contribution in [0.5, 0.6) is 0 Å². The molecule has 1 unspecified atom stereocenters. The lowest BCUT2D eigenvalue weighted by atomic mass is 10.00. The largest absolute Gasteiger partial charge is 0.309 e. The molecule has 0 aromatic heterocycles. The quantitative estimate of drug-likeness (QED) is 0.826. The van der Waals surface area contributed by atoms with Gasteiger partial charge in [0.2, 0.25) is 0 Å². The average molecular weight is 282 g/mol. The van der Waals surface area contributed by atoms with Gasteiger partial charge in [0.15, 0.2) is 0 Å². The van der Waals surface area contributed by atoms with Gasteiger partial charge in [-0.3, -0.25) is 4.90 Å². The van der Waals surface area contributed by atoms with Crippen LogP contribution in [0.1, 0.15) is 38.3 Å². The van der Waals surface area contributed by atoms with E-state index in [4.69, 9.17) is 0 Å². The molecule has 3 rings (SSSR count). The first-order valence-electron chi connectivity index (χ1n) is 8.24. The summed E-state index contributed by atoms with van der Waals surface area (Å²) in [7, 11) is 0. The van der Waals surface area contributed by atoms with E-state index >= 15 is 0 Å². The van der Waals surface area contributed by atoms with Crippen LogP contribution < -0.4 is 5.32 Å². The topological polar surface area (TPSA) is 15.3 Å². The van der Waals surface area contributed by atoms with Crippen LogP contribution in [0.2, 0.25) is 0 Å². The maximum Gasteiger partial charge on any atom is 0.0298 e. The molecule has 21 heavy (non-hydrogen) atoms. The Hall–Kier alpha value is -1.38. The zero-order valence-corrected chi connectivity index (χ0v) is 13.2. The third-order valence-electron chi connectivity index (χ3n) is 4.61. The monoisotopic (exact) mass is 282 g/mol. The minimum absolute atomic E-state index is 0.397. The maximum absolute atomic E-state index is 3.70. The standard InChI is InChI=1S/C19H26N2/c1-3-21(17-11-12-17)14-13-20-15(2)18-10-6-8-16-7-4-5-9-19(16)18/h4-10,15,17,20H,3,11-14H2,1-2H3. The van der Waals surface area contributed by atoms with Gasteiger partial charge in [-0.25, -0.2) is 0 Å². The third-order valence-corrected chi connectivity index (χ3v) is 4.61. The summed E-state index contributed by atoms with van der Waals surface area (Å²) in [5.41, 5.74) is 1.41. The van der Waals surface area contributed by atoms with E-state index in [2.05, 4.69) is 66.5 Å². The summed E-state index contributed by atoms with van der Waals surface area (Å²) in [6.07, 6.45) is 2.79. The predicted molar refractivity (Wildman–Crippen MR) is 90.6 cm³/mol. The van der Waals surface area contributed by atoms with Crippen molar-refractivity contribution in [3.63, 3.8) is 0 Å². The molecule has 2 aromatic rings. The molecule has 1 fully saturated rings. The Morgan fingerprint density at radius 1 is 1.14 bits per heavy atom. The second-order valence-corrected chi connectivity index (χ2v) is 6.10. The van der Waals surface area contributed by atoms with Gasteiger partial charge in [-0.1, -0.05) is 49.4 Å². The second-order valence-electron chi connectivity index (χ2n) is 6.10. The van der Waals surface area contributed by atoms with Crippen molar-refractivity contribution in [2.24, 2.45) is 0 Å². The molecule has 0 bridgehead atoms. The number of nitrogens with one attached hydrogen (secondary N) is 1. The fourth-order valence-corrected chi connectivity index (χ4v) is 3.20. The van der Waals surface area contributed by atoms with Crippen molar-refractivity contribution in [2.45, 2.75) is 38.8 Å². The molecule has 112 valence electrons. The van der Waals surface area contributed by atoms with E-state index in [0.717, 1.165) is 19.1 Å². The number of likely N-dealkylation sites (N-methyl/N-ethyl adjacent to an activating group) is 1. The first kappa shape index (κ1) is 14.6. The summed E-state index contributed by atoms with van der Waals surface area (Å²) in [4.78, 5) is 2.60. The number of fused-ring (bicyclic) bond motifs is 1. The Bertz CT molecular complexity index is 584. The summed E-state index contributed by atoms with van der Waals surface area (Å²) >= 11 is 0. The van der Waals surface area contributed by atoms with Crippen molar-refractivity contribution in [3.8, 4) is 0 Å². The van der Waals surface area contributed by atoms with Gasteiger partial charge in [0.25, 0.3) is 0 Å². The lowest BCUT2D eigenvalue weighted by Gasteiger charge is -2.22. The van der Waals surface area contributed by atoms with Crippen LogP contribution in [0.4, 0.5) is 0 Å². The molecule has 1 atom stereocenters. The number of hydrogen-bond donors (Lipinski definition) is 1. The van der Waals surface area contributed by atoms with E-state index in [1.807, 2.05) is 0 Å². The summed E-state index contributed by atoms with van der Waals surface area (Å²) in [6, 6.07) is 16.5. The highest BCUT2D eigenvalue weighted by Gasteiger charge is 2.27. The first-order chi connectivity index (χ1) is 10.3. The lowest BCUT2D eigenvalue weighted by molar-refractivity contribution is 0.273. The van der Waals surface area contributed by atoms with Gasteiger partial charge in [0.1, 0.15) is 0 Å². The van der Waals surface area contributed by atoms with E-state index in [1.165, 1.54) is 35.7 Å². The molecule has 0 radical (unpaired) electrons. The number of benzene rings is 2. The molecular weight excluding hydrogens is 256 g/mol. The van der Waals surface area contributed by atoms with Crippen LogP contribution >= 0.6 is 0 Å². The summed E-state index contributed by atoms with van der Waals surface area (Å²) in [5.74, 6) is 0. The van der Waals surface area contributed by atoms with Gasteiger partial charge < -0.3 is 5.32 Å². The van der Waals surface area contributed by atoms with E-state index < -0.39 is 0 Å². The molecule has 1 N–H and O–H groups in total. The van der Waals surface area contributed by atoms with Crippen LogP contribution in [0, 0.1) is 0 Å². The van der Waals surface area contributed by atoms with Crippen LogP contribution in [0.3, 0.4) is 0 Å². The highest BCUT2D eigenvalue weighted by Crippen LogP contribution is 2.26. The van der Waals surface area contributed by atoms with Crippen LogP contribution in [0.25, 0.3) is 10.8 Å². The molecule has 0 heterocycles. The van der Waals surface area contributed by atoms with Crippen molar-refractivity contribution in [2.75, 3.05) is 19.6 Å². The Labute approximate surface area is 128 Å². The molecule has 1 aliphatic carbocycles. The molecule has 1 aliphatic rings. The molecule has 2 aromatic carbocycles. The Kier molecular flexibility index (Phi) is 4.57. The third kappa shape index (κ3) is 3.45. The average Bonchev–Trinajstić information content (AvgIpc) is 3.35. The van der Waals surface area contributed by atoms with Gasteiger partial charge in [0.05, 0.1) is 0 Å². The zero-order valence-electron chi connectivity index (χ0n) is 13.2. The smallest absolute Gasteiger partial charge is 0.0298 e. The maximum atomic E-state index is 3.70. The second kappa shape index (κ2) is 6.59. The molecule has 0 saturated heterocycles. The molecule has 2 heteroatoms. The van der Waals surface area contributed by atoms with E-state index in [1.54, 1.807) is 0 Å². The minimum Gasteiger partial charge on any atom is -0.309 e. The summed E-state index contributed by atoms with van der Waals surface area (Å²) in [5, 5.41) is 6.40. The van der Waals surface area contributed by atoms with Crippen LogP contribution in [-0.4, -0.2) is 30.6 Å². The van der Waals surface area contributed by atoms with E-state index in [0.29, 0.717) is 6.04 Å². The van der Waals surface area contributed by atoms with Gasteiger partial charge in [-0.15, -0.1) is 0 Å². The van der Waals surface area contributed by atoms with Crippen molar-refractivity contribution >= 4 is 10.8 Å². The Morgan fingerprint density at radius 3 is 2.67 bits per heavy atom. The van der Waals surface area contributed by atoms with Crippen molar-refractivity contribution in [1.29, 1.82) is 0 Å². The van der Waals surface area contributed by atoms with Gasteiger partial charge in [-0.2, -0.15) is 0 Å². The zero-order chi connectivity index (χ0) is 14.7. The number of nitrogens with zero attached hydrogens (tertiary/aromatic N) is 1.